The Labute approximate surface area is 298 Å². The summed E-state index contributed by atoms with van der Waals surface area (Å²) in [6.45, 7) is 0. The Morgan fingerprint density at radius 1 is 0.320 bits per heavy atom. The van der Waals surface area contributed by atoms with E-state index in [4.69, 9.17) is 21.8 Å². The second kappa shape index (κ2) is 12.7. The first-order valence-corrected chi connectivity index (χ1v) is 16.4. The monoisotopic (exact) mass is 642 g/mol. The van der Waals surface area contributed by atoms with Crippen molar-refractivity contribution < 1.29 is 6.85 Å². The third-order valence-corrected chi connectivity index (χ3v) is 9.00. The van der Waals surface area contributed by atoms with Crippen LogP contribution in [0.2, 0.25) is 0 Å². The van der Waals surface area contributed by atoms with Gasteiger partial charge >= 0.3 is 0 Å². The number of fused-ring (bicyclic) bond motifs is 2. The van der Waals surface area contributed by atoms with Crippen LogP contribution in [-0.4, -0.2) is 15.0 Å². The Hall–Kier alpha value is -6.71. The number of rotatable bonds is 6. The summed E-state index contributed by atoms with van der Waals surface area (Å²) in [5.74, 6) is 1.56. The molecule has 0 bridgehead atoms. The SMILES string of the molecule is [2H]c1c([2H])c([2H])c(-c2ccc3ccc(-c4nc(-c5ccccc5)nc(-c5cccc(-c6ccc(-c7ccccc7)c7ccccc67)c5)n4)cc3c2)c([2H])c1[2H]. The summed E-state index contributed by atoms with van der Waals surface area (Å²) in [6.07, 6.45) is 0. The first-order chi connectivity index (χ1) is 26.8. The van der Waals surface area contributed by atoms with Crippen molar-refractivity contribution >= 4 is 21.5 Å². The molecule has 0 saturated heterocycles. The van der Waals surface area contributed by atoms with Gasteiger partial charge in [-0.25, -0.2) is 15.0 Å². The predicted octanol–water partition coefficient (Wildman–Crippen LogP) is 12.2. The van der Waals surface area contributed by atoms with Gasteiger partial charge in [-0.1, -0.05) is 170 Å². The van der Waals surface area contributed by atoms with Crippen molar-refractivity contribution in [2.45, 2.75) is 0 Å². The highest BCUT2D eigenvalue weighted by molar-refractivity contribution is 6.05. The fourth-order valence-corrected chi connectivity index (χ4v) is 6.53. The Morgan fingerprint density at radius 2 is 0.820 bits per heavy atom. The van der Waals surface area contributed by atoms with Gasteiger partial charge in [-0.3, -0.25) is 0 Å². The molecule has 0 amide bonds. The normalized spacial score (nSPS) is 12.6. The Kier molecular flexibility index (Phi) is 6.22. The zero-order chi connectivity index (χ0) is 37.6. The molecule has 1 heterocycles. The van der Waals surface area contributed by atoms with E-state index in [0.717, 1.165) is 44.0 Å². The minimum absolute atomic E-state index is 0.162. The second-order valence-electron chi connectivity index (χ2n) is 12.1. The van der Waals surface area contributed by atoms with Crippen LogP contribution in [0.1, 0.15) is 6.85 Å². The van der Waals surface area contributed by atoms with Gasteiger partial charge in [-0.2, -0.15) is 0 Å². The lowest BCUT2D eigenvalue weighted by Crippen LogP contribution is -2.00. The molecule has 0 saturated carbocycles. The van der Waals surface area contributed by atoms with E-state index in [1.807, 2.05) is 78.9 Å². The quantitative estimate of drug-likeness (QED) is 0.181. The van der Waals surface area contributed by atoms with E-state index in [1.54, 1.807) is 6.07 Å². The second-order valence-corrected chi connectivity index (χ2v) is 12.1. The van der Waals surface area contributed by atoms with Crippen LogP contribution < -0.4 is 0 Å². The van der Waals surface area contributed by atoms with Crippen molar-refractivity contribution in [2.24, 2.45) is 0 Å². The van der Waals surface area contributed by atoms with Crippen molar-refractivity contribution in [1.29, 1.82) is 0 Å². The lowest BCUT2D eigenvalue weighted by atomic mass is 9.91. The molecule has 0 fully saturated rings. The first-order valence-electron chi connectivity index (χ1n) is 18.9. The molecule has 3 heteroatoms. The molecule has 9 aromatic rings. The van der Waals surface area contributed by atoms with Gasteiger partial charge in [0, 0.05) is 16.7 Å². The molecular weight excluding hydrogens is 607 g/mol. The largest absolute Gasteiger partial charge is 0.208 e. The van der Waals surface area contributed by atoms with Gasteiger partial charge in [-0.15, -0.1) is 0 Å². The highest BCUT2D eigenvalue weighted by atomic mass is 15.0. The van der Waals surface area contributed by atoms with Crippen molar-refractivity contribution in [1.82, 2.24) is 15.0 Å². The molecule has 0 N–H and O–H groups in total. The molecule has 0 radical (unpaired) electrons. The molecule has 234 valence electrons. The standard InChI is InChI=1S/C47H31N3/c1-4-13-32(14-5-1)36-25-23-33-24-26-39(31-40(33)29-36)47-49-45(35-17-8-3-9-18-35)48-46(50-47)38-20-12-19-37(30-38)42-28-27-41(34-15-6-2-7-16-34)43-21-10-11-22-44(42)43/h1-31H/i1D,4D,5D,13D,14D. The summed E-state index contributed by atoms with van der Waals surface area (Å²) in [4.78, 5) is 15.0. The van der Waals surface area contributed by atoms with Gasteiger partial charge in [0.1, 0.15) is 0 Å². The van der Waals surface area contributed by atoms with Gasteiger partial charge in [0.15, 0.2) is 17.5 Å². The Balaban J connectivity index is 1.17. The molecule has 3 nitrogen and oxygen atoms in total. The van der Waals surface area contributed by atoms with Crippen LogP contribution in [0.3, 0.4) is 0 Å². The molecule has 1 aromatic heterocycles. The topological polar surface area (TPSA) is 38.7 Å². The summed E-state index contributed by atoms with van der Waals surface area (Å²) in [7, 11) is 0. The van der Waals surface area contributed by atoms with E-state index >= 15 is 0 Å². The van der Waals surface area contributed by atoms with Crippen LogP contribution in [0, 0.1) is 0 Å². The molecule has 8 aromatic carbocycles. The summed E-state index contributed by atoms with van der Waals surface area (Å²) < 4.78 is 41.4. The third kappa shape index (κ3) is 5.61. The summed E-state index contributed by atoms with van der Waals surface area (Å²) in [6, 6.07) is 51.3. The fraction of sp³-hybridized carbons (Fsp3) is 0. The van der Waals surface area contributed by atoms with E-state index in [9.17, 15) is 0 Å². The van der Waals surface area contributed by atoms with Crippen LogP contribution in [0.4, 0.5) is 0 Å². The van der Waals surface area contributed by atoms with Crippen molar-refractivity contribution in [2.75, 3.05) is 0 Å². The van der Waals surface area contributed by atoms with Crippen LogP contribution in [0.15, 0.2) is 188 Å². The van der Waals surface area contributed by atoms with Gasteiger partial charge in [-0.05, 0) is 73.1 Å². The van der Waals surface area contributed by atoms with Gasteiger partial charge < -0.3 is 0 Å². The molecule has 0 aliphatic rings. The third-order valence-electron chi connectivity index (χ3n) is 9.00. The fourth-order valence-electron chi connectivity index (χ4n) is 6.53. The lowest BCUT2D eigenvalue weighted by molar-refractivity contribution is 1.07. The van der Waals surface area contributed by atoms with Gasteiger partial charge in [0.25, 0.3) is 0 Å². The highest BCUT2D eigenvalue weighted by Gasteiger charge is 2.15. The first kappa shape index (κ1) is 24.4. The Bertz CT molecular complexity index is 2900. The summed E-state index contributed by atoms with van der Waals surface area (Å²) >= 11 is 0. The molecule has 9 rings (SSSR count). The van der Waals surface area contributed by atoms with E-state index < -0.39 is 6.04 Å². The molecule has 0 aliphatic carbocycles. The van der Waals surface area contributed by atoms with E-state index in [-0.39, 0.29) is 29.7 Å². The molecule has 0 spiro atoms. The summed E-state index contributed by atoms with van der Waals surface area (Å²) in [5, 5.41) is 4.08. The van der Waals surface area contributed by atoms with Gasteiger partial charge in [0.2, 0.25) is 0 Å². The number of hydrogen-bond acceptors (Lipinski definition) is 3. The van der Waals surface area contributed by atoms with Gasteiger partial charge in [0.05, 0.1) is 6.85 Å². The van der Waals surface area contributed by atoms with Crippen LogP contribution in [0.5, 0.6) is 0 Å². The minimum atomic E-state index is -0.415. The molecule has 50 heavy (non-hydrogen) atoms. The Morgan fingerprint density at radius 3 is 1.50 bits per heavy atom. The maximum atomic E-state index is 8.52. The predicted molar refractivity (Wildman–Crippen MR) is 207 cm³/mol. The smallest absolute Gasteiger partial charge is 0.164 e. The maximum Gasteiger partial charge on any atom is 0.164 e. The van der Waals surface area contributed by atoms with E-state index in [1.165, 1.54) is 16.5 Å². The number of nitrogens with zero attached hydrogens (tertiary/aromatic N) is 3. The zero-order valence-electron chi connectivity index (χ0n) is 31.9. The zero-order valence-corrected chi connectivity index (χ0v) is 26.9. The molecule has 0 aliphatic heterocycles. The average molecular weight is 643 g/mol. The number of aromatic nitrogens is 3. The molecule has 0 unspecified atom stereocenters. The van der Waals surface area contributed by atoms with E-state index in [0.29, 0.717) is 23.0 Å². The lowest BCUT2D eigenvalue weighted by Gasteiger charge is -2.13. The van der Waals surface area contributed by atoms with E-state index in [2.05, 4.69) is 72.8 Å². The number of benzene rings is 8. The van der Waals surface area contributed by atoms with Crippen LogP contribution >= 0.6 is 0 Å². The van der Waals surface area contributed by atoms with Crippen molar-refractivity contribution in [3.8, 4) is 67.5 Å². The number of hydrogen-bond donors (Lipinski definition) is 0. The maximum absolute atomic E-state index is 8.52. The van der Waals surface area contributed by atoms with Crippen molar-refractivity contribution in [3.63, 3.8) is 0 Å². The van der Waals surface area contributed by atoms with Crippen molar-refractivity contribution in [3.05, 3.63) is 188 Å². The minimum Gasteiger partial charge on any atom is -0.208 e. The highest BCUT2D eigenvalue weighted by Crippen LogP contribution is 2.37. The van der Waals surface area contributed by atoms with Crippen LogP contribution in [0.25, 0.3) is 89.1 Å². The summed E-state index contributed by atoms with van der Waals surface area (Å²) in [5.41, 5.74) is 7.66. The average Bonchev–Trinajstić information content (AvgIpc) is 3.25. The molecule has 0 atom stereocenters. The van der Waals surface area contributed by atoms with Crippen LogP contribution in [-0.2, 0) is 0 Å². The molecular formula is C47H31N3.